The Morgan fingerprint density at radius 3 is 2.17 bits per heavy atom. The lowest BCUT2D eigenvalue weighted by Crippen LogP contribution is -2.39. The molecule has 1 saturated carbocycles. The van der Waals surface area contributed by atoms with Gasteiger partial charge < -0.3 is 15.1 Å². The van der Waals surface area contributed by atoms with Crippen LogP contribution >= 0.6 is 0 Å². The summed E-state index contributed by atoms with van der Waals surface area (Å²) in [4.78, 5) is 28.3. The van der Waals surface area contributed by atoms with Crippen molar-refractivity contribution in [3.63, 3.8) is 0 Å². The number of nitrogens with one attached hydrogen (secondary N) is 1. The van der Waals surface area contributed by atoms with Crippen molar-refractivity contribution < 1.29 is 18.5 Å². The third-order valence-electron chi connectivity index (χ3n) is 7.79. The molecule has 1 spiro atoms. The molecule has 2 aromatic carbocycles. The molecule has 3 aliphatic rings. The Morgan fingerprint density at radius 2 is 1.54 bits per heavy atom. The fraction of sp³-hybridized carbons (Fsp3) is 0.500. The van der Waals surface area contributed by atoms with Gasteiger partial charge in [-0.2, -0.15) is 0 Å². The third kappa shape index (κ3) is 4.94. The van der Waals surface area contributed by atoms with Crippen LogP contribution in [0.2, 0.25) is 0 Å². The van der Waals surface area contributed by atoms with E-state index in [1.165, 1.54) is 31.0 Å². The molecular formula is C26H30F2N4O3. The molecule has 0 unspecified atom stereocenters. The first-order chi connectivity index (χ1) is 16.6. The number of nitro groups is 1. The number of nitrogens with zero attached hydrogens (tertiary/aromatic N) is 3. The van der Waals surface area contributed by atoms with E-state index in [1.807, 2.05) is 25.1 Å². The molecule has 7 nitrogen and oxygen atoms in total. The molecule has 2 aliphatic heterocycles. The molecule has 2 aromatic rings. The standard InChI is InChI=1S/C26H30F2N4O3/c1-18-2-4-20(22(16-18)30-12-8-25(6-7-25)9-13-30)24(33)29-19-3-5-21(32(34)35)23(17-19)31-14-10-26(27,28)11-15-31/h2-5,16-17H,6-15H2,1H3,(H,29,33). The predicted molar refractivity (Wildman–Crippen MR) is 132 cm³/mol. The molecule has 35 heavy (non-hydrogen) atoms. The fourth-order valence-corrected chi connectivity index (χ4v) is 5.28. The second-order valence-electron chi connectivity index (χ2n) is 10.3. The van der Waals surface area contributed by atoms with Crippen molar-refractivity contribution in [2.75, 3.05) is 41.3 Å². The van der Waals surface area contributed by atoms with Crippen LogP contribution in [0.25, 0.3) is 0 Å². The number of halogens is 2. The van der Waals surface area contributed by atoms with Crippen LogP contribution in [0.15, 0.2) is 36.4 Å². The quantitative estimate of drug-likeness (QED) is 0.431. The van der Waals surface area contributed by atoms with Gasteiger partial charge in [-0.25, -0.2) is 8.78 Å². The highest BCUT2D eigenvalue weighted by atomic mass is 19.3. The van der Waals surface area contributed by atoms with E-state index in [0.717, 1.165) is 37.2 Å². The van der Waals surface area contributed by atoms with Gasteiger partial charge in [-0.1, -0.05) is 6.07 Å². The van der Waals surface area contributed by atoms with Gasteiger partial charge in [0, 0.05) is 56.5 Å². The van der Waals surface area contributed by atoms with E-state index in [1.54, 1.807) is 4.90 Å². The maximum atomic E-state index is 13.6. The largest absolute Gasteiger partial charge is 0.371 e. The molecule has 1 amide bonds. The van der Waals surface area contributed by atoms with Crippen LogP contribution in [0.5, 0.6) is 0 Å². The summed E-state index contributed by atoms with van der Waals surface area (Å²) in [5.74, 6) is -3.05. The summed E-state index contributed by atoms with van der Waals surface area (Å²) in [6.45, 7) is 3.88. The number of piperidine rings is 2. The molecule has 0 bridgehead atoms. The highest BCUT2D eigenvalue weighted by Gasteiger charge is 2.44. The monoisotopic (exact) mass is 484 g/mol. The molecule has 2 heterocycles. The Kier molecular flexibility index (Phi) is 5.89. The van der Waals surface area contributed by atoms with Crippen LogP contribution in [-0.4, -0.2) is 42.9 Å². The Hall–Kier alpha value is -3.23. The lowest BCUT2D eigenvalue weighted by molar-refractivity contribution is -0.384. The number of aryl methyl sites for hydroxylation is 1. The van der Waals surface area contributed by atoms with Gasteiger partial charge in [0.2, 0.25) is 0 Å². The van der Waals surface area contributed by atoms with Crippen molar-refractivity contribution in [2.24, 2.45) is 5.41 Å². The second kappa shape index (κ2) is 8.77. The minimum absolute atomic E-state index is 0.0177. The van der Waals surface area contributed by atoms with Gasteiger partial charge in [0.1, 0.15) is 5.69 Å². The van der Waals surface area contributed by atoms with Gasteiger partial charge in [-0.15, -0.1) is 0 Å². The van der Waals surface area contributed by atoms with E-state index < -0.39 is 10.8 Å². The summed E-state index contributed by atoms with van der Waals surface area (Å²) in [6.07, 6.45) is 4.18. The summed E-state index contributed by atoms with van der Waals surface area (Å²) >= 11 is 0. The Bertz CT molecular complexity index is 1150. The SMILES string of the molecule is Cc1ccc(C(=O)Nc2ccc([N+](=O)[O-])c(N3CCC(F)(F)CC3)c2)c(N2CCC3(CC2)CC3)c1. The van der Waals surface area contributed by atoms with Crippen LogP contribution in [0, 0.1) is 22.5 Å². The number of hydrogen-bond donors (Lipinski definition) is 1. The van der Waals surface area contributed by atoms with Crippen molar-refractivity contribution >= 4 is 28.7 Å². The van der Waals surface area contributed by atoms with E-state index >= 15 is 0 Å². The maximum absolute atomic E-state index is 13.6. The van der Waals surface area contributed by atoms with Gasteiger partial charge in [0.15, 0.2) is 0 Å². The first-order valence-corrected chi connectivity index (χ1v) is 12.2. The molecule has 9 heteroatoms. The maximum Gasteiger partial charge on any atom is 0.292 e. The third-order valence-corrected chi connectivity index (χ3v) is 7.79. The molecular weight excluding hydrogens is 454 g/mol. The molecule has 186 valence electrons. The minimum atomic E-state index is -2.76. The van der Waals surface area contributed by atoms with Gasteiger partial charge in [-0.05, 0) is 67.9 Å². The highest BCUT2D eigenvalue weighted by Crippen LogP contribution is 2.54. The Labute approximate surface area is 203 Å². The molecule has 3 fully saturated rings. The second-order valence-corrected chi connectivity index (χ2v) is 10.3. The molecule has 0 aromatic heterocycles. The van der Waals surface area contributed by atoms with E-state index in [4.69, 9.17) is 0 Å². The van der Waals surface area contributed by atoms with Crippen molar-refractivity contribution in [1.29, 1.82) is 0 Å². The zero-order chi connectivity index (χ0) is 24.8. The summed E-state index contributed by atoms with van der Waals surface area (Å²) in [5.41, 5.74) is 3.54. The van der Waals surface area contributed by atoms with Gasteiger partial charge in [-0.3, -0.25) is 14.9 Å². The van der Waals surface area contributed by atoms with E-state index in [9.17, 15) is 23.7 Å². The first-order valence-electron chi connectivity index (χ1n) is 12.2. The lowest BCUT2D eigenvalue weighted by Gasteiger charge is -2.35. The van der Waals surface area contributed by atoms with E-state index in [0.29, 0.717) is 16.7 Å². The fourth-order valence-electron chi connectivity index (χ4n) is 5.28. The summed E-state index contributed by atoms with van der Waals surface area (Å²) in [5, 5.41) is 14.5. The number of amides is 1. The summed E-state index contributed by atoms with van der Waals surface area (Å²) in [7, 11) is 0. The average molecular weight is 485 g/mol. The lowest BCUT2D eigenvalue weighted by atomic mass is 9.92. The van der Waals surface area contributed by atoms with Crippen molar-refractivity contribution in [3.8, 4) is 0 Å². The number of benzene rings is 2. The van der Waals surface area contributed by atoms with Crippen LogP contribution in [0.4, 0.5) is 31.5 Å². The van der Waals surface area contributed by atoms with Gasteiger partial charge in [0.05, 0.1) is 10.5 Å². The average Bonchev–Trinajstić information content (AvgIpc) is 3.58. The van der Waals surface area contributed by atoms with Crippen LogP contribution in [-0.2, 0) is 0 Å². The van der Waals surface area contributed by atoms with Crippen molar-refractivity contribution in [3.05, 3.63) is 57.6 Å². The first kappa shape index (κ1) is 23.5. The van der Waals surface area contributed by atoms with Crippen LogP contribution in [0.3, 0.4) is 0 Å². The number of rotatable bonds is 5. The molecule has 0 radical (unpaired) electrons. The van der Waals surface area contributed by atoms with E-state index in [2.05, 4.69) is 10.2 Å². The number of carbonyl (C=O) groups is 1. The summed E-state index contributed by atoms with van der Waals surface area (Å²) in [6, 6.07) is 10.1. The number of carbonyl (C=O) groups excluding carboxylic acids is 1. The topological polar surface area (TPSA) is 78.7 Å². The molecule has 1 aliphatic carbocycles. The zero-order valence-electron chi connectivity index (χ0n) is 19.9. The Balaban J connectivity index is 1.38. The van der Waals surface area contributed by atoms with Crippen LogP contribution < -0.4 is 15.1 Å². The van der Waals surface area contributed by atoms with Crippen molar-refractivity contribution in [1.82, 2.24) is 0 Å². The zero-order valence-corrected chi connectivity index (χ0v) is 19.9. The smallest absolute Gasteiger partial charge is 0.292 e. The predicted octanol–water partition coefficient (Wildman–Crippen LogP) is 5.77. The minimum Gasteiger partial charge on any atom is -0.371 e. The van der Waals surface area contributed by atoms with Gasteiger partial charge >= 0.3 is 0 Å². The molecule has 2 saturated heterocycles. The van der Waals surface area contributed by atoms with Crippen LogP contribution in [0.1, 0.15) is 54.4 Å². The van der Waals surface area contributed by atoms with Crippen molar-refractivity contribution in [2.45, 2.75) is 51.4 Å². The normalized spacial score (nSPS) is 20.5. The molecule has 0 atom stereocenters. The highest BCUT2D eigenvalue weighted by molar-refractivity contribution is 6.08. The number of alkyl halides is 2. The van der Waals surface area contributed by atoms with E-state index in [-0.39, 0.29) is 43.2 Å². The molecule has 5 rings (SSSR count). The van der Waals surface area contributed by atoms with Gasteiger partial charge in [0.25, 0.3) is 17.5 Å². The number of anilines is 3. The number of nitro benzene ring substituents is 1. The summed E-state index contributed by atoms with van der Waals surface area (Å²) < 4.78 is 27.3. The number of hydrogen-bond acceptors (Lipinski definition) is 5. The Morgan fingerprint density at radius 1 is 0.914 bits per heavy atom. The molecule has 1 N–H and O–H groups in total.